The van der Waals surface area contributed by atoms with Crippen molar-refractivity contribution >= 4 is 16.6 Å². The summed E-state index contributed by atoms with van der Waals surface area (Å²) in [5, 5.41) is 5.90. The molecule has 0 aliphatic carbocycles. The lowest BCUT2D eigenvalue weighted by Gasteiger charge is -2.19. The van der Waals surface area contributed by atoms with Gasteiger partial charge in [-0.25, -0.2) is 0 Å². The maximum atomic E-state index is 5.87. The van der Waals surface area contributed by atoms with Crippen LogP contribution in [0.25, 0.3) is 16.6 Å². The summed E-state index contributed by atoms with van der Waals surface area (Å²) in [7, 11) is 2.06. The Morgan fingerprint density at radius 2 is 2.04 bits per heavy atom. The highest BCUT2D eigenvalue weighted by atomic mass is 15.3. The topological polar surface area (TPSA) is 60.0 Å². The molecule has 3 rings (SSSR count). The van der Waals surface area contributed by atoms with E-state index in [2.05, 4.69) is 61.8 Å². The Morgan fingerprint density at radius 1 is 1.27 bits per heavy atom. The summed E-state index contributed by atoms with van der Waals surface area (Å²) in [5.74, 6) is 0. The lowest BCUT2D eigenvalue weighted by molar-refractivity contribution is 0.475. The van der Waals surface area contributed by atoms with Crippen LogP contribution in [0.3, 0.4) is 0 Å². The molecule has 0 fully saturated rings. The van der Waals surface area contributed by atoms with Crippen molar-refractivity contribution < 1.29 is 0 Å². The van der Waals surface area contributed by atoms with Gasteiger partial charge in [0, 0.05) is 37.9 Å². The molecule has 0 saturated carbocycles. The average molecular weight is 349 g/mol. The number of rotatable bonds is 7. The van der Waals surface area contributed by atoms with Gasteiger partial charge in [0.1, 0.15) is 5.69 Å². The number of hydrogen-bond donors (Lipinski definition) is 1. The van der Waals surface area contributed by atoms with Crippen LogP contribution in [0, 0.1) is 6.92 Å². The minimum atomic E-state index is 0.511. The van der Waals surface area contributed by atoms with Crippen LogP contribution in [-0.2, 0) is 13.1 Å². The van der Waals surface area contributed by atoms with Crippen molar-refractivity contribution in [2.75, 3.05) is 13.6 Å². The van der Waals surface area contributed by atoms with Gasteiger partial charge in [0.2, 0.25) is 0 Å². The van der Waals surface area contributed by atoms with Gasteiger partial charge >= 0.3 is 0 Å². The molecule has 2 aromatic heterocycles. The van der Waals surface area contributed by atoms with Crippen LogP contribution in [0.1, 0.15) is 35.7 Å². The largest absolute Gasteiger partial charge is 0.373 e. The average Bonchev–Trinajstić information content (AvgIpc) is 3.01. The number of aromatic nitrogens is 3. The molecule has 2 N–H and O–H groups in total. The number of fused-ring (bicyclic) bond motifs is 1. The van der Waals surface area contributed by atoms with Gasteiger partial charge in [-0.05, 0) is 36.1 Å². The van der Waals surface area contributed by atoms with Gasteiger partial charge in [-0.3, -0.25) is 9.67 Å². The van der Waals surface area contributed by atoms with Crippen molar-refractivity contribution in [1.29, 1.82) is 0 Å². The number of nitrogens with two attached hydrogens (primary N) is 1. The van der Waals surface area contributed by atoms with Crippen LogP contribution in [-0.4, -0.2) is 33.3 Å². The van der Waals surface area contributed by atoms with Crippen molar-refractivity contribution in [3.8, 4) is 0 Å². The summed E-state index contributed by atoms with van der Waals surface area (Å²) >= 11 is 0. The standard InChI is InChI=1S/C21H27N5/c1-5-11-25(4)16(3)20-15(2)13-26(24-20)14-18-9-8-17(12-22)19-7-6-10-23-21(18)19/h6-10,13H,3,5,11-12,14,22H2,1-2,4H3. The Labute approximate surface area is 155 Å². The predicted molar refractivity (Wildman–Crippen MR) is 108 cm³/mol. The van der Waals surface area contributed by atoms with Gasteiger partial charge in [-0.2, -0.15) is 5.10 Å². The summed E-state index contributed by atoms with van der Waals surface area (Å²) in [6, 6.07) is 8.22. The van der Waals surface area contributed by atoms with Crippen LogP contribution < -0.4 is 5.73 Å². The first kappa shape index (κ1) is 18.1. The normalized spacial score (nSPS) is 11.1. The molecule has 0 saturated heterocycles. The molecule has 0 amide bonds. The third kappa shape index (κ3) is 3.48. The molecule has 0 unspecified atom stereocenters. The fraction of sp³-hybridized carbons (Fsp3) is 0.333. The van der Waals surface area contributed by atoms with Gasteiger partial charge in [0.05, 0.1) is 17.8 Å². The van der Waals surface area contributed by atoms with Gasteiger partial charge < -0.3 is 10.6 Å². The minimum Gasteiger partial charge on any atom is -0.373 e. The Balaban J connectivity index is 1.92. The summed E-state index contributed by atoms with van der Waals surface area (Å²) in [6.07, 6.45) is 4.99. The van der Waals surface area contributed by atoms with Crippen LogP contribution in [0.4, 0.5) is 0 Å². The molecule has 2 heterocycles. The van der Waals surface area contributed by atoms with Gasteiger partial charge in [0.25, 0.3) is 0 Å². The molecule has 26 heavy (non-hydrogen) atoms. The first-order valence-corrected chi connectivity index (χ1v) is 9.05. The molecule has 0 aliphatic rings. The van der Waals surface area contributed by atoms with Crippen molar-refractivity contribution in [3.63, 3.8) is 0 Å². The molecule has 0 radical (unpaired) electrons. The van der Waals surface area contributed by atoms with E-state index < -0.39 is 0 Å². The number of aryl methyl sites for hydroxylation is 1. The summed E-state index contributed by atoms with van der Waals surface area (Å²) < 4.78 is 1.97. The molecule has 0 bridgehead atoms. The monoisotopic (exact) mass is 349 g/mol. The summed E-state index contributed by atoms with van der Waals surface area (Å²) in [4.78, 5) is 6.74. The van der Waals surface area contributed by atoms with Crippen LogP contribution in [0.5, 0.6) is 0 Å². The van der Waals surface area contributed by atoms with E-state index in [4.69, 9.17) is 10.8 Å². The SMILES string of the molecule is C=C(c1nn(Cc2ccc(CN)c3cccnc23)cc1C)N(C)CCC. The highest BCUT2D eigenvalue weighted by Crippen LogP contribution is 2.23. The Hall–Kier alpha value is -2.66. The molecule has 1 aromatic carbocycles. The third-order valence-corrected chi connectivity index (χ3v) is 4.73. The summed E-state index contributed by atoms with van der Waals surface area (Å²) in [6.45, 7) is 10.6. The fourth-order valence-electron chi connectivity index (χ4n) is 3.31. The van der Waals surface area contributed by atoms with Gasteiger partial charge in [-0.15, -0.1) is 0 Å². The second-order valence-corrected chi connectivity index (χ2v) is 6.71. The molecule has 5 heteroatoms. The number of hydrogen-bond acceptors (Lipinski definition) is 4. The lowest BCUT2D eigenvalue weighted by Crippen LogP contribution is -2.17. The molecule has 3 aromatic rings. The first-order valence-electron chi connectivity index (χ1n) is 9.05. The Kier molecular flexibility index (Phi) is 5.38. The zero-order valence-corrected chi connectivity index (χ0v) is 15.9. The second kappa shape index (κ2) is 7.70. The first-order chi connectivity index (χ1) is 12.5. The van der Waals surface area contributed by atoms with E-state index >= 15 is 0 Å². The van der Waals surface area contributed by atoms with Gasteiger partial charge in [0.15, 0.2) is 0 Å². The quantitative estimate of drug-likeness (QED) is 0.708. The maximum absolute atomic E-state index is 5.87. The van der Waals surface area contributed by atoms with E-state index in [-0.39, 0.29) is 0 Å². The maximum Gasteiger partial charge on any atom is 0.111 e. The number of nitrogens with zero attached hydrogens (tertiary/aromatic N) is 4. The molecular weight excluding hydrogens is 322 g/mol. The molecule has 0 spiro atoms. The highest BCUT2D eigenvalue weighted by molar-refractivity contribution is 5.85. The second-order valence-electron chi connectivity index (χ2n) is 6.71. The Bertz CT molecular complexity index is 925. The van der Waals surface area contributed by atoms with Crippen LogP contribution in [0.15, 0.2) is 43.2 Å². The van der Waals surface area contributed by atoms with Crippen LogP contribution in [0.2, 0.25) is 0 Å². The number of benzene rings is 1. The van der Waals surface area contributed by atoms with E-state index in [0.717, 1.165) is 51.9 Å². The Morgan fingerprint density at radius 3 is 2.77 bits per heavy atom. The molecule has 0 aliphatic heterocycles. The van der Waals surface area contributed by atoms with Crippen molar-refractivity contribution in [2.45, 2.75) is 33.4 Å². The molecular formula is C21H27N5. The van der Waals surface area contributed by atoms with E-state index in [1.807, 2.05) is 16.9 Å². The molecule has 136 valence electrons. The highest BCUT2D eigenvalue weighted by Gasteiger charge is 2.13. The zero-order valence-electron chi connectivity index (χ0n) is 15.9. The smallest absolute Gasteiger partial charge is 0.111 e. The van der Waals surface area contributed by atoms with E-state index in [9.17, 15) is 0 Å². The van der Waals surface area contributed by atoms with E-state index in [1.165, 1.54) is 0 Å². The number of pyridine rings is 1. The van der Waals surface area contributed by atoms with E-state index in [0.29, 0.717) is 13.1 Å². The van der Waals surface area contributed by atoms with Crippen molar-refractivity contribution in [3.05, 3.63) is 65.6 Å². The van der Waals surface area contributed by atoms with Gasteiger partial charge in [-0.1, -0.05) is 31.7 Å². The predicted octanol–water partition coefficient (Wildman–Crippen LogP) is 3.56. The zero-order chi connectivity index (χ0) is 18.7. The van der Waals surface area contributed by atoms with Crippen LogP contribution >= 0.6 is 0 Å². The minimum absolute atomic E-state index is 0.511. The van der Waals surface area contributed by atoms with Crippen molar-refractivity contribution in [2.24, 2.45) is 5.73 Å². The van der Waals surface area contributed by atoms with E-state index in [1.54, 1.807) is 0 Å². The third-order valence-electron chi connectivity index (χ3n) is 4.73. The molecule has 0 atom stereocenters. The van der Waals surface area contributed by atoms with Crippen molar-refractivity contribution in [1.82, 2.24) is 19.7 Å². The molecule has 5 nitrogen and oxygen atoms in total. The lowest BCUT2D eigenvalue weighted by atomic mass is 10.0. The summed E-state index contributed by atoms with van der Waals surface area (Å²) in [5.41, 5.74) is 12.2. The fourth-order valence-corrected chi connectivity index (χ4v) is 3.31.